The van der Waals surface area contributed by atoms with Crippen molar-refractivity contribution >= 4 is 5.84 Å². The highest BCUT2D eigenvalue weighted by molar-refractivity contribution is 5.95. The average Bonchev–Trinajstić information content (AvgIpc) is 2.80. The number of rotatable bonds is 2. The van der Waals surface area contributed by atoms with Gasteiger partial charge in [-0.15, -0.1) is 0 Å². The van der Waals surface area contributed by atoms with Gasteiger partial charge in [0.1, 0.15) is 18.3 Å². The minimum absolute atomic E-state index is 0.0770. The third-order valence-electron chi connectivity index (χ3n) is 1.84. The van der Waals surface area contributed by atoms with Crippen LogP contribution in [0.5, 0.6) is 0 Å². The molecule has 0 aliphatic heterocycles. The van der Waals surface area contributed by atoms with Crippen molar-refractivity contribution in [3.05, 3.63) is 30.1 Å². The molecule has 0 fully saturated rings. The summed E-state index contributed by atoms with van der Waals surface area (Å²) in [5.41, 5.74) is 6.47. The molecule has 0 saturated heterocycles. The molecule has 2 rings (SSSR count). The Labute approximate surface area is 90.5 Å². The minimum Gasteiger partial charge on any atom is -0.409 e. The van der Waals surface area contributed by atoms with Crippen LogP contribution in [0.4, 0.5) is 0 Å². The molecule has 0 spiro atoms. The highest BCUT2D eigenvalue weighted by Crippen LogP contribution is 2.03. The van der Waals surface area contributed by atoms with Gasteiger partial charge in [-0.2, -0.15) is 9.78 Å². The molecule has 0 aliphatic carbocycles. The second kappa shape index (κ2) is 3.93. The molecule has 0 atom stereocenters. The topological polar surface area (TPSA) is 115 Å². The number of oxime groups is 1. The summed E-state index contributed by atoms with van der Waals surface area (Å²) in [5, 5.41) is 15.3. The molecular formula is C8H9N7O. The van der Waals surface area contributed by atoms with E-state index in [0.717, 1.165) is 0 Å². The molecule has 2 aromatic heterocycles. The quantitative estimate of drug-likeness (QED) is 0.303. The van der Waals surface area contributed by atoms with Crippen LogP contribution < -0.4 is 5.73 Å². The van der Waals surface area contributed by atoms with E-state index in [1.807, 2.05) is 0 Å². The van der Waals surface area contributed by atoms with Crippen LogP contribution in [0.1, 0.15) is 11.4 Å². The van der Waals surface area contributed by atoms with Crippen molar-refractivity contribution in [3.8, 4) is 5.95 Å². The van der Waals surface area contributed by atoms with Crippen molar-refractivity contribution in [1.29, 1.82) is 0 Å². The Morgan fingerprint density at radius 2 is 2.31 bits per heavy atom. The van der Waals surface area contributed by atoms with E-state index >= 15 is 0 Å². The Kier molecular flexibility index (Phi) is 2.46. The molecule has 2 aromatic rings. The number of nitrogens with zero attached hydrogens (tertiary/aromatic N) is 6. The second-order valence-corrected chi connectivity index (χ2v) is 3.02. The Balaban J connectivity index is 2.52. The number of hydrogen-bond acceptors (Lipinski definition) is 6. The molecule has 0 radical (unpaired) electrons. The van der Waals surface area contributed by atoms with Crippen LogP contribution in [-0.4, -0.2) is 35.8 Å². The molecule has 2 heterocycles. The minimum atomic E-state index is -0.0770. The van der Waals surface area contributed by atoms with Crippen LogP contribution in [0, 0.1) is 6.92 Å². The van der Waals surface area contributed by atoms with Crippen LogP contribution in [-0.2, 0) is 0 Å². The summed E-state index contributed by atoms with van der Waals surface area (Å²) in [6.45, 7) is 1.77. The maximum Gasteiger partial charge on any atom is 0.252 e. The standard InChI is InChI=1S/C8H9N7O/c1-5-2-6(7(9)14-16)13-8(12-5)15-4-10-3-11-15/h2-4,16H,1H3,(H2,9,14). The van der Waals surface area contributed by atoms with Crippen molar-refractivity contribution in [1.82, 2.24) is 24.7 Å². The lowest BCUT2D eigenvalue weighted by molar-refractivity contribution is 0.318. The first-order valence-electron chi connectivity index (χ1n) is 4.39. The molecule has 0 aliphatic rings. The summed E-state index contributed by atoms with van der Waals surface area (Å²) >= 11 is 0. The predicted octanol–water partition coefficient (Wildman–Crippen LogP) is -0.540. The second-order valence-electron chi connectivity index (χ2n) is 3.02. The molecule has 3 N–H and O–H groups in total. The van der Waals surface area contributed by atoms with E-state index in [1.165, 1.54) is 17.3 Å². The van der Waals surface area contributed by atoms with Crippen LogP contribution in [0.25, 0.3) is 5.95 Å². The molecule has 8 nitrogen and oxygen atoms in total. The SMILES string of the molecule is Cc1cc(/C(N)=N/O)nc(-n2cncn2)n1. The lowest BCUT2D eigenvalue weighted by Crippen LogP contribution is -2.17. The van der Waals surface area contributed by atoms with Gasteiger partial charge in [-0.1, -0.05) is 5.16 Å². The summed E-state index contributed by atoms with van der Waals surface area (Å²) < 4.78 is 1.39. The largest absolute Gasteiger partial charge is 0.409 e. The van der Waals surface area contributed by atoms with E-state index in [9.17, 15) is 0 Å². The van der Waals surface area contributed by atoms with E-state index in [2.05, 4.69) is 25.2 Å². The van der Waals surface area contributed by atoms with Crippen LogP contribution in [0.2, 0.25) is 0 Å². The number of aromatic nitrogens is 5. The Bertz CT molecular complexity index is 519. The molecule has 8 heteroatoms. The summed E-state index contributed by atoms with van der Waals surface area (Å²) in [7, 11) is 0. The lowest BCUT2D eigenvalue weighted by Gasteiger charge is -2.03. The summed E-state index contributed by atoms with van der Waals surface area (Å²) in [5.74, 6) is 0.242. The van der Waals surface area contributed by atoms with Crippen molar-refractivity contribution in [2.24, 2.45) is 10.9 Å². The zero-order valence-electron chi connectivity index (χ0n) is 8.44. The predicted molar refractivity (Wildman–Crippen MR) is 54.2 cm³/mol. The van der Waals surface area contributed by atoms with Gasteiger partial charge in [-0.05, 0) is 13.0 Å². The zero-order valence-corrected chi connectivity index (χ0v) is 8.44. The maximum absolute atomic E-state index is 8.57. The Morgan fingerprint density at radius 3 is 2.94 bits per heavy atom. The van der Waals surface area contributed by atoms with Gasteiger partial charge in [0, 0.05) is 5.69 Å². The molecule has 82 valence electrons. The molecular weight excluding hydrogens is 210 g/mol. The van der Waals surface area contributed by atoms with Crippen molar-refractivity contribution in [2.75, 3.05) is 0 Å². The van der Waals surface area contributed by atoms with Crippen molar-refractivity contribution in [3.63, 3.8) is 0 Å². The van der Waals surface area contributed by atoms with Crippen molar-refractivity contribution in [2.45, 2.75) is 6.92 Å². The number of amidine groups is 1. The average molecular weight is 219 g/mol. The third kappa shape index (κ3) is 1.80. The fourth-order valence-electron chi connectivity index (χ4n) is 1.15. The summed E-state index contributed by atoms with van der Waals surface area (Å²) in [6, 6.07) is 1.61. The van der Waals surface area contributed by atoms with Gasteiger partial charge in [0.05, 0.1) is 0 Å². The molecule has 16 heavy (non-hydrogen) atoms. The third-order valence-corrected chi connectivity index (χ3v) is 1.84. The zero-order chi connectivity index (χ0) is 11.5. The molecule has 0 bridgehead atoms. The van der Waals surface area contributed by atoms with E-state index < -0.39 is 0 Å². The van der Waals surface area contributed by atoms with Gasteiger partial charge in [-0.3, -0.25) is 0 Å². The first kappa shape index (κ1) is 10.0. The van der Waals surface area contributed by atoms with E-state index in [-0.39, 0.29) is 5.84 Å². The number of hydrogen-bond donors (Lipinski definition) is 2. The Hall–Kier alpha value is -2.51. The maximum atomic E-state index is 8.57. The Morgan fingerprint density at radius 1 is 1.50 bits per heavy atom. The van der Waals surface area contributed by atoms with Crippen molar-refractivity contribution < 1.29 is 5.21 Å². The van der Waals surface area contributed by atoms with Crippen LogP contribution >= 0.6 is 0 Å². The van der Waals surface area contributed by atoms with Crippen LogP contribution in [0.15, 0.2) is 23.9 Å². The normalized spacial score (nSPS) is 11.7. The fraction of sp³-hybridized carbons (Fsp3) is 0.125. The number of aryl methyl sites for hydroxylation is 1. The summed E-state index contributed by atoms with van der Waals surface area (Å²) in [6.07, 6.45) is 2.83. The summed E-state index contributed by atoms with van der Waals surface area (Å²) in [4.78, 5) is 12.0. The number of nitrogens with two attached hydrogens (primary N) is 1. The van der Waals surface area contributed by atoms with E-state index in [4.69, 9.17) is 10.9 Å². The van der Waals surface area contributed by atoms with Gasteiger partial charge in [0.25, 0.3) is 5.95 Å². The molecule has 0 unspecified atom stereocenters. The monoisotopic (exact) mass is 219 g/mol. The highest BCUT2D eigenvalue weighted by Gasteiger charge is 2.07. The molecule has 0 amide bonds. The van der Waals surface area contributed by atoms with E-state index in [1.54, 1.807) is 13.0 Å². The van der Waals surface area contributed by atoms with Gasteiger partial charge < -0.3 is 10.9 Å². The first-order valence-corrected chi connectivity index (χ1v) is 4.39. The highest BCUT2D eigenvalue weighted by atomic mass is 16.4. The van der Waals surface area contributed by atoms with Gasteiger partial charge in [0.2, 0.25) is 0 Å². The first-order chi connectivity index (χ1) is 7.70. The molecule has 0 aromatic carbocycles. The van der Waals surface area contributed by atoms with Gasteiger partial charge in [-0.25, -0.2) is 15.0 Å². The van der Waals surface area contributed by atoms with Gasteiger partial charge >= 0.3 is 0 Å². The van der Waals surface area contributed by atoms with Gasteiger partial charge in [0.15, 0.2) is 5.84 Å². The fourth-order valence-corrected chi connectivity index (χ4v) is 1.15. The smallest absolute Gasteiger partial charge is 0.252 e. The lowest BCUT2D eigenvalue weighted by atomic mass is 10.3. The van der Waals surface area contributed by atoms with E-state index in [0.29, 0.717) is 17.3 Å². The molecule has 0 saturated carbocycles. The van der Waals surface area contributed by atoms with Crippen LogP contribution in [0.3, 0.4) is 0 Å².